The molecule has 12 heteroatoms. The second-order valence-electron chi connectivity index (χ2n) is 7.29. The number of aromatic nitrogens is 2. The molecule has 0 bridgehead atoms. The maximum Gasteiger partial charge on any atom is 0.254 e. The van der Waals surface area contributed by atoms with E-state index in [0.29, 0.717) is 31.0 Å². The minimum absolute atomic E-state index is 0. The normalized spacial score (nSPS) is 13.2. The van der Waals surface area contributed by atoms with Crippen LogP contribution in [0.15, 0.2) is 42.6 Å². The number of ether oxygens (including phenoxy) is 1. The highest BCUT2D eigenvalue weighted by molar-refractivity contribution is 5.97. The van der Waals surface area contributed by atoms with E-state index in [1.54, 1.807) is 0 Å². The fourth-order valence-electron chi connectivity index (χ4n) is 3.38. The van der Waals surface area contributed by atoms with Gasteiger partial charge in [0.25, 0.3) is 5.91 Å². The van der Waals surface area contributed by atoms with Gasteiger partial charge in [-0.2, -0.15) is 4.98 Å². The van der Waals surface area contributed by atoms with Crippen molar-refractivity contribution in [3.63, 3.8) is 0 Å². The van der Waals surface area contributed by atoms with Crippen molar-refractivity contribution in [3.8, 4) is 0 Å². The highest BCUT2D eigenvalue weighted by Crippen LogP contribution is 2.23. The number of carbonyl (C=O) groups is 1. The van der Waals surface area contributed by atoms with Gasteiger partial charge in [-0.05, 0) is 24.3 Å². The molecule has 0 aliphatic carbocycles. The number of halogens is 4. The monoisotopic (exact) mass is 494 g/mol. The molecule has 34 heavy (non-hydrogen) atoms. The highest BCUT2D eigenvalue weighted by atomic mass is 35.5. The Labute approximate surface area is 199 Å². The van der Waals surface area contributed by atoms with Crippen molar-refractivity contribution in [2.24, 2.45) is 5.73 Å². The van der Waals surface area contributed by atoms with Crippen LogP contribution < -0.4 is 21.3 Å². The third-order valence-electron chi connectivity index (χ3n) is 5.09. The van der Waals surface area contributed by atoms with Gasteiger partial charge in [-0.3, -0.25) is 4.79 Å². The number of anilines is 4. The van der Waals surface area contributed by atoms with Gasteiger partial charge < -0.3 is 26.0 Å². The lowest BCUT2D eigenvalue weighted by molar-refractivity contribution is 0.100. The fourth-order valence-corrected chi connectivity index (χ4v) is 3.38. The standard InChI is InChI=1S/C22H21F3N6O2.ClH/c23-13-9-18(24)16(19(25)10-13)11-27-21-17(20(26)32)12-28-22(30-21)29-14-1-3-15(4-2-14)31-5-7-33-8-6-31;/h1-4,9-10,12H,5-8,11H2,(H2,26,32)(H2,27,28,29,30);1H. The van der Waals surface area contributed by atoms with Crippen molar-refractivity contribution in [1.29, 1.82) is 0 Å². The smallest absolute Gasteiger partial charge is 0.254 e. The molecule has 1 saturated heterocycles. The first-order valence-corrected chi connectivity index (χ1v) is 10.1. The van der Waals surface area contributed by atoms with E-state index in [2.05, 4.69) is 25.5 Å². The van der Waals surface area contributed by atoms with Gasteiger partial charge in [-0.25, -0.2) is 18.2 Å². The maximum atomic E-state index is 13.9. The first-order valence-electron chi connectivity index (χ1n) is 10.1. The Hall–Kier alpha value is -3.57. The van der Waals surface area contributed by atoms with Crippen LogP contribution in [-0.4, -0.2) is 42.2 Å². The van der Waals surface area contributed by atoms with Crippen molar-refractivity contribution in [2.75, 3.05) is 41.8 Å². The molecule has 1 aromatic heterocycles. The number of amides is 1. The second-order valence-corrected chi connectivity index (χ2v) is 7.29. The summed E-state index contributed by atoms with van der Waals surface area (Å²) in [7, 11) is 0. The molecule has 4 N–H and O–H groups in total. The van der Waals surface area contributed by atoms with E-state index in [9.17, 15) is 18.0 Å². The third kappa shape index (κ3) is 5.86. The van der Waals surface area contributed by atoms with Crippen LogP contribution in [0.25, 0.3) is 0 Å². The summed E-state index contributed by atoms with van der Waals surface area (Å²) < 4.78 is 46.4. The molecule has 0 unspecified atom stereocenters. The molecule has 0 atom stereocenters. The number of carbonyl (C=O) groups excluding carboxylic acids is 1. The summed E-state index contributed by atoms with van der Waals surface area (Å²) >= 11 is 0. The Bertz CT molecular complexity index is 1140. The predicted octanol–water partition coefficient (Wildman–Crippen LogP) is 3.61. The first-order chi connectivity index (χ1) is 15.9. The SMILES string of the molecule is Cl.NC(=O)c1cnc(Nc2ccc(N3CCOCC3)cc2)nc1NCc1c(F)cc(F)cc1F. The molecule has 4 rings (SSSR count). The Morgan fingerprint density at radius 1 is 1.09 bits per heavy atom. The number of nitrogens with two attached hydrogens (primary N) is 1. The third-order valence-corrected chi connectivity index (χ3v) is 5.09. The highest BCUT2D eigenvalue weighted by Gasteiger charge is 2.16. The van der Waals surface area contributed by atoms with Crippen LogP contribution >= 0.6 is 12.4 Å². The molecule has 1 fully saturated rings. The zero-order chi connectivity index (χ0) is 23.4. The average molecular weight is 495 g/mol. The molecule has 1 aliphatic rings. The van der Waals surface area contributed by atoms with E-state index < -0.39 is 28.9 Å². The number of nitrogens with one attached hydrogen (secondary N) is 2. The fraction of sp³-hybridized carbons (Fsp3) is 0.227. The number of rotatable bonds is 7. The number of hydrogen-bond acceptors (Lipinski definition) is 7. The number of nitrogens with zero attached hydrogens (tertiary/aromatic N) is 3. The van der Waals surface area contributed by atoms with Crippen LogP contribution in [0.2, 0.25) is 0 Å². The quantitative estimate of drug-likeness (QED) is 0.461. The lowest BCUT2D eigenvalue weighted by Crippen LogP contribution is -2.36. The molecule has 8 nitrogen and oxygen atoms in total. The zero-order valence-corrected chi connectivity index (χ0v) is 18.7. The van der Waals surface area contributed by atoms with Gasteiger partial charge in [-0.15, -0.1) is 12.4 Å². The molecule has 3 aromatic rings. The Balaban J connectivity index is 0.00000324. The van der Waals surface area contributed by atoms with Crippen LogP contribution in [0.4, 0.5) is 36.3 Å². The van der Waals surface area contributed by atoms with Crippen molar-refractivity contribution >= 4 is 41.5 Å². The number of primary amides is 1. The molecular formula is C22H22ClF3N6O2. The lowest BCUT2D eigenvalue weighted by Gasteiger charge is -2.28. The zero-order valence-electron chi connectivity index (χ0n) is 17.9. The summed E-state index contributed by atoms with van der Waals surface area (Å²) in [5.74, 6) is -3.85. The maximum absolute atomic E-state index is 13.9. The molecule has 0 spiro atoms. The van der Waals surface area contributed by atoms with Crippen molar-refractivity contribution in [2.45, 2.75) is 6.54 Å². The molecule has 180 valence electrons. The number of benzene rings is 2. The summed E-state index contributed by atoms with van der Waals surface area (Å²) in [5.41, 5.74) is 6.64. The summed E-state index contributed by atoms with van der Waals surface area (Å²) in [6.07, 6.45) is 1.21. The van der Waals surface area contributed by atoms with Crippen LogP contribution in [0, 0.1) is 17.5 Å². The average Bonchev–Trinajstić information content (AvgIpc) is 2.79. The van der Waals surface area contributed by atoms with Gasteiger partial charge in [0, 0.05) is 54.9 Å². The molecule has 0 radical (unpaired) electrons. The van der Waals surface area contributed by atoms with E-state index in [1.807, 2.05) is 24.3 Å². The van der Waals surface area contributed by atoms with E-state index in [-0.39, 0.29) is 36.3 Å². The van der Waals surface area contributed by atoms with E-state index in [4.69, 9.17) is 10.5 Å². The van der Waals surface area contributed by atoms with Crippen LogP contribution in [0.5, 0.6) is 0 Å². The van der Waals surface area contributed by atoms with Gasteiger partial charge >= 0.3 is 0 Å². The van der Waals surface area contributed by atoms with Crippen LogP contribution in [0.3, 0.4) is 0 Å². The summed E-state index contributed by atoms with van der Waals surface area (Å²) in [6, 6.07) is 8.75. The molecular weight excluding hydrogens is 473 g/mol. The summed E-state index contributed by atoms with van der Waals surface area (Å²) in [6.45, 7) is 2.61. The Kier molecular flexibility index (Phi) is 8.13. The van der Waals surface area contributed by atoms with Crippen molar-refractivity contribution in [1.82, 2.24) is 9.97 Å². The van der Waals surface area contributed by atoms with Crippen LogP contribution in [-0.2, 0) is 11.3 Å². The predicted molar refractivity (Wildman–Crippen MR) is 124 cm³/mol. The summed E-state index contributed by atoms with van der Waals surface area (Å²) in [5, 5.41) is 5.69. The molecule has 2 aromatic carbocycles. The van der Waals surface area contributed by atoms with E-state index in [0.717, 1.165) is 18.8 Å². The van der Waals surface area contributed by atoms with E-state index >= 15 is 0 Å². The number of hydrogen-bond donors (Lipinski definition) is 3. The van der Waals surface area contributed by atoms with Gasteiger partial charge in [0.2, 0.25) is 5.95 Å². The minimum Gasteiger partial charge on any atom is -0.378 e. The first kappa shape index (κ1) is 25.1. The Morgan fingerprint density at radius 3 is 2.35 bits per heavy atom. The number of morpholine rings is 1. The Morgan fingerprint density at radius 2 is 1.74 bits per heavy atom. The van der Waals surface area contributed by atoms with Gasteiger partial charge in [-0.1, -0.05) is 0 Å². The van der Waals surface area contributed by atoms with Gasteiger partial charge in [0.15, 0.2) is 0 Å². The van der Waals surface area contributed by atoms with Crippen LogP contribution in [0.1, 0.15) is 15.9 Å². The molecule has 2 heterocycles. The molecule has 0 saturated carbocycles. The van der Waals surface area contributed by atoms with E-state index in [1.165, 1.54) is 6.20 Å². The second kappa shape index (κ2) is 11.0. The van der Waals surface area contributed by atoms with Gasteiger partial charge in [0.05, 0.1) is 18.8 Å². The van der Waals surface area contributed by atoms with Crippen molar-refractivity contribution < 1.29 is 22.7 Å². The topological polar surface area (TPSA) is 105 Å². The molecule has 1 aliphatic heterocycles. The van der Waals surface area contributed by atoms with Crippen molar-refractivity contribution in [3.05, 3.63) is 71.2 Å². The lowest BCUT2D eigenvalue weighted by atomic mass is 10.2. The largest absolute Gasteiger partial charge is 0.378 e. The van der Waals surface area contributed by atoms with Gasteiger partial charge in [0.1, 0.15) is 23.3 Å². The summed E-state index contributed by atoms with van der Waals surface area (Å²) in [4.78, 5) is 22.2. The molecule has 1 amide bonds. The minimum atomic E-state index is -1.06.